The van der Waals surface area contributed by atoms with Gasteiger partial charge in [0.2, 0.25) is 5.95 Å². The molecule has 0 atom stereocenters. The van der Waals surface area contributed by atoms with Crippen LogP contribution in [0.2, 0.25) is 0 Å². The van der Waals surface area contributed by atoms with Crippen LogP contribution in [0.15, 0.2) is 48.7 Å². The Balaban J connectivity index is 1.83. The minimum absolute atomic E-state index is 0.878. The van der Waals surface area contributed by atoms with Crippen molar-refractivity contribution in [2.45, 2.75) is 13.3 Å². The SMILES string of the molecule is CNc1nc(C)cn1-c1ccc2c(c1)Cc1ccccc1-2. The van der Waals surface area contributed by atoms with Crippen LogP contribution >= 0.6 is 0 Å². The summed E-state index contributed by atoms with van der Waals surface area (Å²) < 4.78 is 2.11. The molecule has 0 radical (unpaired) electrons. The highest BCUT2D eigenvalue weighted by molar-refractivity contribution is 5.77. The number of anilines is 1. The molecule has 0 fully saturated rings. The fourth-order valence-corrected chi connectivity index (χ4v) is 3.15. The number of rotatable bonds is 2. The summed E-state index contributed by atoms with van der Waals surface area (Å²) in [5.74, 6) is 0.878. The van der Waals surface area contributed by atoms with Gasteiger partial charge in [0, 0.05) is 18.9 Å². The van der Waals surface area contributed by atoms with Gasteiger partial charge in [-0.05, 0) is 47.7 Å². The fraction of sp³-hybridized carbons (Fsp3) is 0.167. The van der Waals surface area contributed by atoms with E-state index in [-0.39, 0.29) is 0 Å². The fourth-order valence-electron chi connectivity index (χ4n) is 3.15. The van der Waals surface area contributed by atoms with Crippen LogP contribution in [-0.2, 0) is 6.42 Å². The van der Waals surface area contributed by atoms with Gasteiger partial charge in [-0.1, -0.05) is 30.3 Å². The Morgan fingerprint density at radius 3 is 2.71 bits per heavy atom. The van der Waals surface area contributed by atoms with Crippen LogP contribution in [0.3, 0.4) is 0 Å². The monoisotopic (exact) mass is 275 g/mol. The number of imidazole rings is 1. The third kappa shape index (κ3) is 1.85. The zero-order chi connectivity index (χ0) is 14.4. The molecule has 0 saturated carbocycles. The number of hydrogen-bond donors (Lipinski definition) is 1. The van der Waals surface area contributed by atoms with Gasteiger partial charge in [-0.15, -0.1) is 0 Å². The first-order valence-electron chi connectivity index (χ1n) is 7.21. The van der Waals surface area contributed by atoms with E-state index < -0.39 is 0 Å². The molecule has 3 nitrogen and oxygen atoms in total. The van der Waals surface area contributed by atoms with Crippen LogP contribution in [0.4, 0.5) is 5.95 Å². The molecular formula is C18H17N3. The Bertz CT molecular complexity index is 830. The van der Waals surface area contributed by atoms with E-state index in [9.17, 15) is 0 Å². The van der Waals surface area contributed by atoms with Gasteiger partial charge in [0.15, 0.2) is 0 Å². The molecule has 1 N–H and O–H groups in total. The first kappa shape index (κ1) is 12.2. The predicted molar refractivity (Wildman–Crippen MR) is 86.1 cm³/mol. The predicted octanol–water partition coefficient (Wildman–Crippen LogP) is 3.79. The molecule has 21 heavy (non-hydrogen) atoms. The van der Waals surface area contributed by atoms with Crippen LogP contribution in [0.25, 0.3) is 16.8 Å². The summed E-state index contributed by atoms with van der Waals surface area (Å²) in [6.45, 7) is 2.01. The standard InChI is InChI=1S/C18H17N3/c1-12-11-21(18(19-2)20-12)15-7-8-17-14(10-15)9-13-5-3-4-6-16(13)17/h3-8,10-11H,9H2,1-2H3,(H,19,20). The average Bonchev–Trinajstić information content (AvgIpc) is 3.06. The van der Waals surface area contributed by atoms with Crippen molar-refractivity contribution >= 4 is 5.95 Å². The summed E-state index contributed by atoms with van der Waals surface area (Å²) in [5.41, 5.74) is 7.71. The van der Waals surface area contributed by atoms with Crippen LogP contribution < -0.4 is 5.32 Å². The van der Waals surface area contributed by atoms with Crippen molar-refractivity contribution in [2.24, 2.45) is 0 Å². The molecule has 0 spiro atoms. The molecule has 1 heterocycles. The van der Waals surface area contributed by atoms with E-state index in [1.807, 2.05) is 14.0 Å². The van der Waals surface area contributed by atoms with Crippen LogP contribution in [0.1, 0.15) is 16.8 Å². The van der Waals surface area contributed by atoms with Crippen molar-refractivity contribution in [1.82, 2.24) is 9.55 Å². The highest BCUT2D eigenvalue weighted by Crippen LogP contribution is 2.37. The van der Waals surface area contributed by atoms with E-state index in [1.165, 1.54) is 22.3 Å². The van der Waals surface area contributed by atoms with Gasteiger partial charge in [-0.2, -0.15) is 0 Å². The topological polar surface area (TPSA) is 29.9 Å². The van der Waals surface area contributed by atoms with Gasteiger partial charge in [0.05, 0.1) is 5.69 Å². The number of nitrogens with one attached hydrogen (secondary N) is 1. The minimum Gasteiger partial charge on any atom is -0.358 e. The van der Waals surface area contributed by atoms with Crippen LogP contribution in [0, 0.1) is 6.92 Å². The third-order valence-electron chi connectivity index (χ3n) is 4.11. The van der Waals surface area contributed by atoms with Crippen molar-refractivity contribution in [3.63, 3.8) is 0 Å². The minimum atomic E-state index is 0.878. The van der Waals surface area contributed by atoms with Gasteiger partial charge >= 0.3 is 0 Å². The molecular weight excluding hydrogens is 258 g/mol. The quantitative estimate of drug-likeness (QED) is 0.603. The number of benzene rings is 2. The van der Waals surface area contributed by atoms with E-state index in [0.29, 0.717) is 0 Å². The van der Waals surface area contributed by atoms with Gasteiger partial charge in [0.25, 0.3) is 0 Å². The van der Waals surface area contributed by atoms with Gasteiger partial charge in [0.1, 0.15) is 0 Å². The van der Waals surface area contributed by atoms with E-state index in [0.717, 1.165) is 23.8 Å². The number of aryl methyl sites for hydroxylation is 1. The van der Waals surface area contributed by atoms with E-state index in [2.05, 4.69) is 63.5 Å². The Labute approximate surface area is 124 Å². The summed E-state index contributed by atoms with van der Waals surface area (Å²) in [5, 5.41) is 3.15. The van der Waals surface area contributed by atoms with E-state index >= 15 is 0 Å². The molecule has 0 aliphatic heterocycles. The van der Waals surface area contributed by atoms with Crippen molar-refractivity contribution in [3.05, 3.63) is 65.5 Å². The third-order valence-corrected chi connectivity index (χ3v) is 4.11. The van der Waals surface area contributed by atoms with E-state index in [1.54, 1.807) is 0 Å². The lowest BCUT2D eigenvalue weighted by Crippen LogP contribution is -2.01. The van der Waals surface area contributed by atoms with Gasteiger partial charge < -0.3 is 5.32 Å². The maximum atomic E-state index is 4.49. The Kier molecular flexibility index (Phi) is 2.61. The normalized spacial score (nSPS) is 12.1. The summed E-state index contributed by atoms with van der Waals surface area (Å²) in [6.07, 6.45) is 3.08. The molecule has 4 rings (SSSR count). The number of hydrogen-bond acceptors (Lipinski definition) is 2. The van der Waals surface area contributed by atoms with Crippen molar-refractivity contribution in [2.75, 3.05) is 12.4 Å². The molecule has 3 heteroatoms. The molecule has 3 aromatic rings. The second-order valence-electron chi connectivity index (χ2n) is 5.50. The summed E-state index contributed by atoms with van der Waals surface area (Å²) in [6, 6.07) is 15.3. The molecule has 1 aromatic heterocycles. The second-order valence-corrected chi connectivity index (χ2v) is 5.50. The number of aromatic nitrogens is 2. The summed E-state index contributed by atoms with van der Waals surface area (Å²) >= 11 is 0. The van der Waals surface area contributed by atoms with Gasteiger partial charge in [-0.3, -0.25) is 4.57 Å². The Hall–Kier alpha value is -2.55. The zero-order valence-corrected chi connectivity index (χ0v) is 12.2. The summed E-state index contributed by atoms with van der Waals surface area (Å²) in [4.78, 5) is 4.49. The Morgan fingerprint density at radius 1 is 1.05 bits per heavy atom. The largest absolute Gasteiger partial charge is 0.358 e. The first-order chi connectivity index (χ1) is 10.3. The van der Waals surface area contributed by atoms with Crippen molar-refractivity contribution in [3.8, 4) is 16.8 Å². The van der Waals surface area contributed by atoms with Crippen molar-refractivity contribution < 1.29 is 0 Å². The lowest BCUT2D eigenvalue weighted by atomic mass is 10.1. The van der Waals surface area contributed by atoms with E-state index in [4.69, 9.17) is 0 Å². The number of nitrogens with zero attached hydrogens (tertiary/aromatic N) is 2. The summed E-state index contributed by atoms with van der Waals surface area (Å²) in [7, 11) is 1.90. The maximum absolute atomic E-state index is 4.49. The van der Waals surface area contributed by atoms with Crippen molar-refractivity contribution in [1.29, 1.82) is 0 Å². The first-order valence-corrected chi connectivity index (χ1v) is 7.21. The molecule has 1 aliphatic rings. The molecule has 104 valence electrons. The molecule has 0 unspecified atom stereocenters. The average molecular weight is 275 g/mol. The lowest BCUT2D eigenvalue weighted by Gasteiger charge is -2.09. The lowest BCUT2D eigenvalue weighted by molar-refractivity contribution is 1.05. The molecule has 0 saturated heterocycles. The molecule has 0 amide bonds. The number of fused-ring (bicyclic) bond motifs is 3. The molecule has 0 bridgehead atoms. The second kappa shape index (κ2) is 4.48. The molecule has 1 aliphatic carbocycles. The van der Waals surface area contributed by atoms with Crippen LogP contribution in [0.5, 0.6) is 0 Å². The maximum Gasteiger partial charge on any atom is 0.207 e. The highest BCUT2D eigenvalue weighted by atomic mass is 15.2. The zero-order valence-electron chi connectivity index (χ0n) is 12.2. The smallest absolute Gasteiger partial charge is 0.207 e. The molecule has 2 aromatic carbocycles. The van der Waals surface area contributed by atoms with Gasteiger partial charge in [-0.25, -0.2) is 4.98 Å². The Morgan fingerprint density at radius 2 is 1.86 bits per heavy atom. The van der Waals surface area contributed by atoms with Crippen LogP contribution in [-0.4, -0.2) is 16.6 Å². The highest BCUT2D eigenvalue weighted by Gasteiger charge is 2.18.